The Morgan fingerprint density at radius 1 is 1.24 bits per heavy atom. The molecule has 0 aliphatic carbocycles. The molecule has 2 aromatic heterocycles. The first kappa shape index (κ1) is 20.6. The molecule has 0 saturated heterocycles. The maximum Gasteiger partial charge on any atom is 0.328 e. The van der Waals surface area contributed by atoms with Crippen molar-refractivity contribution in [3.8, 4) is 0 Å². The lowest BCUT2D eigenvalue weighted by molar-refractivity contribution is -0.113. The van der Waals surface area contributed by atoms with Crippen molar-refractivity contribution in [2.24, 2.45) is 0 Å². The Kier molecular flexibility index (Phi) is 6.65. The summed E-state index contributed by atoms with van der Waals surface area (Å²) in [5.74, 6) is 0.611. The van der Waals surface area contributed by atoms with Crippen molar-refractivity contribution in [1.82, 2.24) is 19.7 Å². The lowest BCUT2D eigenvalue weighted by Gasteiger charge is -2.13. The van der Waals surface area contributed by atoms with E-state index in [0.29, 0.717) is 18.2 Å². The van der Waals surface area contributed by atoms with Gasteiger partial charge in [-0.15, -0.1) is 10.2 Å². The van der Waals surface area contributed by atoms with Crippen LogP contribution in [0.25, 0.3) is 0 Å². The molecule has 2 heterocycles. The largest absolute Gasteiger partial charge is 0.416 e. The second-order valence-electron chi connectivity index (χ2n) is 6.59. The minimum Gasteiger partial charge on any atom is -0.416 e. The van der Waals surface area contributed by atoms with Crippen LogP contribution in [-0.4, -0.2) is 31.4 Å². The Morgan fingerprint density at radius 2 is 2.03 bits per heavy atom. The van der Waals surface area contributed by atoms with E-state index in [2.05, 4.69) is 34.3 Å². The average Bonchev–Trinajstić information content (AvgIpc) is 3.14. The molecule has 1 amide bonds. The number of nitrogens with zero attached hydrogens (tertiary/aromatic N) is 3. The predicted octanol–water partition coefficient (Wildman–Crippen LogP) is 2.02. The average molecular weight is 415 g/mol. The summed E-state index contributed by atoms with van der Waals surface area (Å²) in [6, 6.07) is 8.97. The molecule has 0 saturated carbocycles. The van der Waals surface area contributed by atoms with Crippen LogP contribution in [0, 0.1) is 0 Å². The molecule has 10 heteroatoms. The Balaban J connectivity index is 1.52. The molecule has 0 aliphatic rings. The van der Waals surface area contributed by atoms with Crippen LogP contribution in [0.1, 0.15) is 31.2 Å². The van der Waals surface area contributed by atoms with Crippen molar-refractivity contribution in [1.29, 1.82) is 0 Å². The summed E-state index contributed by atoms with van der Waals surface area (Å²) in [6.07, 6.45) is 1.74. The molecule has 3 rings (SSSR count). The van der Waals surface area contributed by atoms with Crippen molar-refractivity contribution in [3.05, 3.63) is 68.8 Å². The van der Waals surface area contributed by atoms with Gasteiger partial charge in [0.05, 0.1) is 5.75 Å². The molecule has 2 N–H and O–H groups in total. The third-order valence-corrected chi connectivity index (χ3v) is 4.91. The minimum absolute atomic E-state index is 0.132. The molecule has 0 atom stereocenters. The predicted molar refractivity (Wildman–Crippen MR) is 109 cm³/mol. The topological polar surface area (TPSA) is 123 Å². The second-order valence-corrected chi connectivity index (χ2v) is 7.52. The number of aromatic amines is 1. The molecule has 0 aliphatic heterocycles. The highest BCUT2D eigenvalue weighted by Crippen LogP contribution is 2.24. The second kappa shape index (κ2) is 9.37. The van der Waals surface area contributed by atoms with E-state index in [-0.39, 0.29) is 23.4 Å². The number of nitrogens with one attached hydrogen (secondary N) is 2. The normalized spacial score (nSPS) is 11.0. The van der Waals surface area contributed by atoms with E-state index in [0.717, 1.165) is 23.0 Å². The standard InChI is InChI=1S/C19H21N5O4S/c1-12(2)13-5-3-4-6-14(13)20-16(26)11-29-19-23-22-17(28-19)8-10-24-9-7-15(25)21-18(24)27/h3-7,9,12H,8,10-11H2,1-2H3,(H,20,26)(H,21,25,27). The van der Waals surface area contributed by atoms with Gasteiger partial charge in [-0.25, -0.2) is 4.79 Å². The number of aromatic nitrogens is 4. The quantitative estimate of drug-likeness (QED) is 0.540. The fourth-order valence-electron chi connectivity index (χ4n) is 2.66. The van der Waals surface area contributed by atoms with Crippen LogP contribution in [0.5, 0.6) is 0 Å². The van der Waals surface area contributed by atoms with E-state index in [9.17, 15) is 14.4 Å². The first-order chi connectivity index (χ1) is 13.9. The summed E-state index contributed by atoms with van der Waals surface area (Å²) in [7, 11) is 0. The molecule has 29 heavy (non-hydrogen) atoms. The molecule has 0 unspecified atom stereocenters. The van der Waals surface area contributed by atoms with Crippen molar-refractivity contribution in [2.75, 3.05) is 11.1 Å². The number of aryl methyl sites for hydroxylation is 2. The third kappa shape index (κ3) is 5.67. The minimum atomic E-state index is -0.495. The number of benzene rings is 1. The maximum absolute atomic E-state index is 12.3. The zero-order valence-electron chi connectivity index (χ0n) is 16.0. The first-order valence-corrected chi connectivity index (χ1v) is 10.0. The van der Waals surface area contributed by atoms with Gasteiger partial charge in [0.2, 0.25) is 11.8 Å². The Bertz CT molecular complexity index is 1100. The van der Waals surface area contributed by atoms with Crippen LogP contribution >= 0.6 is 11.8 Å². The highest BCUT2D eigenvalue weighted by Gasteiger charge is 2.12. The molecule has 0 fully saturated rings. The number of carbonyl (C=O) groups excluding carboxylic acids is 1. The van der Waals surface area contributed by atoms with Crippen molar-refractivity contribution >= 4 is 23.4 Å². The molecule has 3 aromatic rings. The highest BCUT2D eigenvalue weighted by molar-refractivity contribution is 7.99. The molecule has 1 aromatic carbocycles. The highest BCUT2D eigenvalue weighted by atomic mass is 32.2. The number of anilines is 1. The molecule has 0 bridgehead atoms. The zero-order chi connectivity index (χ0) is 20.8. The number of amides is 1. The molecule has 0 spiro atoms. The van der Waals surface area contributed by atoms with E-state index < -0.39 is 11.2 Å². The van der Waals surface area contributed by atoms with Gasteiger partial charge in [-0.3, -0.25) is 14.6 Å². The fraction of sp³-hybridized carbons (Fsp3) is 0.316. The van der Waals surface area contributed by atoms with Gasteiger partial charge in [0, 0.05) is 30.9 Å². The summed E-state index contributed by atoms with van der Waals surface area (Å²) in [4.78, 5) is 37.2. The van der Waals surface area contributed by atoms with E-state index >= 15 is 0 Å². The summed E-state index contributed by atoms with van der Waals surface area (Å²) in [5.41, 5.74) is 0.927. The summed E-state index contributed by atoms with van der Waals surface area (Å²) in [6.45, 7) is 4.43. The van der Waals surface area contributed by atoms with E-state index in [1.807, 2.05) is 24.3 Å². The number of carbonyl (C=O) groups is 1. The van der Waals surface area contributed by atoms with Crippen molar-refractivity contribution in [2.45, 2.75) is 38.0 Å². The summed E-state index contributed by atoms with van der Waals surface area (Å²) >= 11 is 1.14. The summed E-state index contributed by atoms with van der Waals surface area (Å²) in [5, 5.41) is 11.0. The van der Waals surface area contributed by atoms with Crippen LogP contribution < -0.4 is 16.6 Å². The third-order valence-electron chi connectivity index (χ3n) is 4.10. The van der Waals surface area contributed by atoms with E-state index in [1.165, 1.54) is 16.8 Å². The van der Waals surface area contributed by atoms with Crippen LogP contribution in [-0.2, 0) is 17.8 Å². The number of thioether (sulfide) groups is 1. The summed E-state index contributed by atoms with van der Waals surface area (Å²) < 4.78 is 6.85. The molecule has 0 radical (unpaired) electrons. The number of H-pyrrole nitrogens is 1. The molecule has 9 nitrogen and oxygen atoms in total. The maximum atomic E-state index is 12.3. The van der Waals surface area contributed by atoms with Crippen LogP contribution in [0.2, 0.25) is 0 Å². The zero-order valence-corrected chi connectivity index (χ0v) is 16.9. The Morgan fingerprint density at radius 3 is 2.79 bits per heavy atom. The van der Waals surface area contributed by atoms with Gasteiger partial charge in [0.1, 0.15) is 0 Å². The van der Waals surface area contributed by atoms with Crippen LogP contribution in [0.15, 0.2) is 55.8 Å². The van der Waals surface area contributed by atoms with Crippen LogP contribution in [0.4, 0.5) is 5.69 Å². The number of rotatable bonds is 8. The molecular formula is C19H21N5O4S. The molecular weight excluding hydrogens is 394 g/mol. The van der Waals surface area contributed by atoms with Crippen molar-refractivity contribution in [3.63, 3.8) is 0 Å². The van der Waals surface area contributed by atoms with Gasteiger partial charge < -0.3 is 14.3 Å². The number of hydrogen-bond donors (Lipinski definition) is 2. The van der Waals surface area contributed by atoms with Gasteiger partial charge in [-0.2, -0.15) is 0 Å². The fourth-order valence-corrected chi connectivity index (χ4v) is 3.24. The van der Waals surface area contributed by atoms with Gasteiger partial charge >= 0.3 is 5.69 Å². The Hall–Kier alpha value is -3.14. The van der Waals surface area contributed by atoms with Crippen molar-refractivity contribution < 1.29 is 9.21 Å². The number of hydrogen-bond acceptors (Lipinski definition) is 7. The van der Waals surface area contributed by atoms with Gasteiger partial charge in [0.25, 0.3) is 10.8 Å². The first-order valence-electron chi connectivity index (χ1n) is 9.06. The smallest absolute Gasteiger partial charge is 0.328 e. The van der Waals surface area contributed by atoms with Gasteiger partial charge in [0.15, 0.2) is 0 Å². The lowest BCUT2D eigenvalue weighted by Crippen LogP contribution is -2.29. The SMILES string of the molecule is CC(C)c1ccccc1NC(=O)CSc1nnc(CCn2ccc(=O)[nH]c2=O)o1. The van der Waals surface area contributed by atoms with E-state index in [1.54, 1.807) is 0 Å². The van der Waals surface area contributed by atoms with Gasteiger partial charge in [-0.1, -0.05) is 43.8 Å². The van der Waals surface area contributed by atoms with E-state index in [4.69, 9.17) is 4.42 Å². The monoisotopic (exact) mass is 415 g/mol. The van der Waals surface area contributed by atoms with Crippen LogP contribution in [0.3, 0.4) is 0 Å². The lowest BCUT2D eigenvalue weighted by atomic mass is 10.0. The Labute approximate surface area is 170 Å². The van der Waals surface area contributed by atoms with Gasteiger partial charge in [-0.05, 0) is 17.5 Å². The molecule has 152 valence electrons. The number of para-hydroxylation sites is 1.